The average Bonchev–Trinajstić information content (AvgIpc) is 2.53. The predicted octanol–water partition coefficient (Wildman–Crippen LogP) is 2.60. The molecule has 0 aromatic carbocycles. The van der Waals surface area contributed by atoms with E-state index in [1.54, 1.807) is 6.20 Å². The zero-order valence-corrected chi connectivity index (χ0v) is 9.49. The van der Waals surface area contributed by atoms with E-state index in [1.165, 1.54) is 0 Å². The Kier molecular flexibility index (Phi) is 2.73. The van der Waals surface area contributed by atoms with Crippen molar-refractivity contribution < 1.29 is 0 Å². The first kappa shape index (κ1) is 10.2. The fourth-order valence-electron chi connectivity index (χ4n) is 1.42. The Morgan fingerprint density at radius 3 is 2.73 bits per heavy atom. The molecule has 0 N–H and O–H groups in total. The predicted molar refractivity (Wildman–Crippen MR) is 60.1 cm³/mol. The molecule has 3 nitrogen and oxygen atoms in total. The molecule has 4 heteroatoms. The van der Waals surface area contributed by atoms with Crippen LogP contribution in [-0.4, -0.2) is 14.5 Å². The third-order valence-corrected chi connectivity index (χ3v) is 2.86. The first-order valence-corrected chi connectivity index (χ1v) is 5.14. The largest absolute Gasteiger partial charge is 0.330 e. The van der Waals surface area contributed by atoms with Crippen LogP contribution in [0, 0.1) is 13.8 Å². The molecular weight excluding hydrogens is 210 g/mol. The van der Waals surface area contributed by atoms with Crippen LogP contribution in [0.15, 0.2) is 24.7 Å². The second kappa shape index (κ2) is 4.03. The Labute approximate surface area is 93.7 Å². The second-order valence-electron chi connectivity index (χ2n) is 3.50. The Bertz CT molecular complexity index is 476. The van der Waals surface area contributed by atoms with Crippen molar-refractivity contribution in [3.63, 3.8) is 0 Å². The van der Waals surface area contributed by atoms with Gasteiger partial charge in [-0.15, -0.1) is 0 Å². The zero-order valence-electron chi connectivity index (χ0n) is 8.74. The van der Waals surface area contributed by atoms with E-state index in [0.29, 0.717) is 5.15 Å². The van der Waals surface area contributed by atoms with Crippen LogP contribution >= 0.6 is 11.6 Å². The lowest BCUT2D eigenvalue weighted by atomic mass is 10.3. The van der Waals surface area contributed by atoms with Crippen LogP contribution in [0.3, 0.4) is 0 Å². The molecule has 0 unspecified atom stereocenters. The van der Waals surface area contributed by atoms with E-state index in [2.05, 4.69) is 14.5 Å². The van der Waals surface area contributed by atoms with Gasteiger partial charge >= 0.3 is 0 Å². The molecule has 0 fully saturated rings. The number of imidazole rings is 1. The molecule has 15 heavy (non-hydrogen) atoms. The molecular formula is C11H12ClN3. The van der Waals surface area contributed by atoms with Gasteiger partial charge in [0.25, 0.3) is 0 Å². The normalized spacial score (nSPS) is 10.6. The summed E-state index contributed by atoms with van der Waals surface area (Å²) in [6, 6.07) is 3.87. The molecule has 0 aliphatic heterocycles. The van der Waals surface area contributed by atoms with Crippen LogP contribution in [-0.2, 0) is 6.54 Å². The maximum atomic E-state index is 5.99. The zero-order chi connectivity index (χ0) is 10.8. The van der Waals surface area contributed by atoms with Gasteiger partial charge in [-0.05, 0) is 19.9 Å². The Hall–Kier alpha value is -1.35. The minimum atomic E-state index is 0.559. The van der Waals surface area contributed by atoms with E-state index in [1.807, 2.05) is 32.3 Å². The van der Waals surface area contributed by atoms with E-state index in [4.69, 9.17) is 11.6 Å². The molecule has 0 atom stereocenters. The van der Waals surface area contributed by atoms with Gasteiger partial charge in [0.1, 0.15) is 5.15 Å². The highest BCUT2D eigenvalue weighted by Gasteiger charge is 2.05. The standard InChI is InChI=1S/C11H12ClN3/c1-8-9(2)15(7-14-8)6-10-4-3-5-13-11(10)12/h3-5,7H,6H2,1-2H3. The van der Waals surface area contributed by atoms with Crippen molar-refractivity contribution >= 4 is 11.6 Å². The van der Waals surface area contributed by atoms with Crippen molar-refractivity contribution in [2.24, 2.45) is 0 Å². The summed E-state index contributed by atoms with van der Waals surface area (Å²) in [4.78, 5) is 8.28. The Balaban J connectivity index is 2.30. The summed E-state index contributed by atoms with van der Waals surface area (Å²) in [7, 11) is 0. The van der Waals surface area contributed by atoms with Gasteiger partial charge in [-0.3, -0.25) is 0 Å². The number of rotatable bonds is 2. The van der Waals surface area contributed by atoms with Crippen LogP contribution in [0.2, 0.25) is 5.15 Å². The Morgan fingerprint density at radius 1 is 1.33 bits per heavy atom. The van der Waals surface area contributed by atoms with E-state index in [0.717, 1.165) is 23.5 Å². The number of pyridine rings is 1. The smallest absolute Gasteiger partial charge is 0.133 e. The number of hydrogen-bond acceptors (Lipinski definition) is 2. The molecule has 0 aliphatic rings. The van der Waals surface area contributed by atoms with Crippen LogP contribution < -0.4 is 0 Å². The molecule has 2 aromatic heterocycles. The van der Waals surface area contributed by atoms with Crippen LogP contribution in [0.25, 0.3) is 0 Å². The lowest BCUT2D eigenvalue weighted by Gasteiger charge is -2.06. The maximum absolute atomic E-state index is 5.99. The quantitative estimate of drug-likeness (QED) is 0.730. The third-order valence-electron chi connectivity index (χ3n) is 2.52. The molecule has 0 saturated carbocycles. The molecule has 78 valence electrons. The summed E-state index contributed by atoms with van der Waals surface area (Å²) in [5.41, 5.74) is 3.23. The van der Waals surface area contributed by atoms with Gasteiger partial charge < -0.3 is 4.57 Å². The van der Waals surface area contributed by atoms with Crippen molar-refractivity contribution in [1.29, 1.82) is 0 Å². The molecule has 2 rings (SSSR count). The minimum absolute atomic E-state index is 0.559. The van der Waals surface area contributed by atoms with Crippen molar-refractivity contribution in [3.05, 3.63) is 46.8 Å². The monoisotopic (exact) mass is 221 g/mol. The van der Waals surface area contributed by atoms with Gasteiger partial charge in [0.15, 0.2) is 0 Å². The lowest BCUT2D eigenvalue weighted by Crippen LogP contribution is -2.01. The average molecular weight is 222 g/mol. The van der Waals surface area contributed by atoms with E-state index >= 15 is 0 Å². The van der Waals surface area contributed by atoms with Gasteiger partial charge in [0.05, 0.1) is 18.6 Å². The summed E-state index contributed by atoms with van der Waals surface area (Å²) < 4.78 is 2.07. The van der Waals surface area contributed by atoms with Gasteiger partial charge in [0, 0.05) is 17.5 Å². The van der Waals surface area contributed by atoms with Gasteiger partial charge in [-0.1, -0.05) is 17.7 Å². The molecule has 2 aromatic rings. The highest BCUT2D eigenvalue weighted by Crippen LogP contribution is 2.14. The van der Waals surface area contributed by atoms with Gasteiger partial charge in [-0.25, -0.2) is 9.97 Å². The lowest BCUT2D eigenvalue weighted by molar-refractivity contribution is 0.765. The molecule has 0 amide bonds. The molecule has 0 aliphatic carbocycles. The minimum Gasteiger partial charge on any atom is -0.330 e. The highest BCUT2D eigenvalue weighted by atomic mass is 35.5. The molecule has 0 bridgehead atoms. The van der Waals surface area contributed by atoms with Crippen molar-refractivity contribution in [2.75, 3.05) is 0 Å². The highest BCUT2D eigenvalue weighted by molar-refractivity contribution is 6.30. The van der Waals surface area contributed by atoms with Crippen molar-refractivity contribution in [2.45, 2.75) is 20.4 Å². The van der Waals surface area contributed by atoms with Crippen LogP contribution in [0.5, 0.6) is 0 Å². The third kappa shape index (κ3) is 2.02. The number of aromatic nitrogens is 3. The van der Waals surface area contributed by atoms with Crippen LogP contribution in [0.1, 0.15) is 17.0 Å². The summed E-state index contributed by atoms with van der Waals surface area (Å²) in [6.45, 7) is 4.77. The van der Waals surface area contributed by atoms with E-state index in [-0.39, 0.29) is 0 Å². The van der Waals surface area contributed by atoms with Gasteiger partial charge in [0.2, 0.25) is 0 Å². The first-order valence-electron chi connectivity index (χ1n) is 4.76. The topological polar surface area (TPSA) is 30.7 Å². The van der Waals surface area contributed by atoms with Gasteiger partial charge in [-0.2, -0.15) is 0 Å². The maximum Gasteiger partial charge on any atom is 0.133 e. The summed E-state index contributed by atoms with van der Waals surface area (Å²) in [6.07, 6.45) is 3.52. The second-order valence-corrected chi connectivity index (χ2v) is 3.85. The summed E-state index contributed by atoms with van der Waals surface area (Å²) in [5.74, 6) is 0. The SMILES string of the molecule is Cc1ncn(Cc2cccnc2Cl)c1C. The fourth-order valence-corrected chi connectivity index (χ4v) is 1.60. The first-order chi connectivity index (χ1) is 7.18. The van der Waals surface area contributed by atoms with E-state index < -0.39 is 0 Å². The molecule has 0 spiro atoms. The van der Waals surface area contributed by atoms with Crippen molar-refractivity contribution in [3.8, 4) is 0 Å². The fraction of sp³-hybridized carbons (Fsp3) is 0.273. The van der Waals surface area contributed by atoms with Crippen LogP contribution in [0.4, 0.5) is 0 Å². The number of aryl methyl sites for hydroxylation is 1. The summed E-state index contributed by atoms with van der Waals surface area (Å²) in [5, 5.41) is 0.559. The number of halogens is 1. The number of nitrogens with zero attached hydrogens (tertiary/aromatic N) is 3. The molecule has 0 radical (unpaired) electrons. The Morgan fingerprint density at radius 2 is 2.13 bits per heavy atom. The van der Waals surface area contributed by atoms with E-state index in [9.17, 15) is 0 Å². The molecule has 2 heterocycles. The summed E-state index contributed by atoms with van der Waals surface area (Å²) >= 11 is 5.99. The molecule has 0 saturated heterocycles. The van der Waals surface area contributed by atoms with Crippen molar-refractivity contribution in [1.82, 2.24) is 14.5 Å². The number of hydrogen-bond donors (Lipinski definition) is 0.